The highest BCUT2D eigenvalue weighted by atomic mass is 16.5. The first kappa shape index (κ1) is 15.4. The predicted molar refractivity (Wildman–Crippen MR) is 71.4 cm³/mol. The molecular weight excluding hydrogens is 230 g/mol. The van der Waals surface area contributed by atoms with Crippen LogP contribution >= 0.6 is 0 Å². The SMILES string of the molecule is CCOC(=O)CNC1CC(OCC(C)C)C1(C)C. The van der Waals surface area contributed by atoms with Crippen LogP contribution in [0.1, 0.15) is 41.0 Å². The van der Waals surface area contributed by atoms with Crippen molar-refractivity contribution in [3.05, 3.63) is 0 Å². The number of carbonyl (C=O) groups is 1. The van der Waals surface area contributed by atoms with E-state index in [4.69, 9.17) is 9.47 Å². The second-order valence-corrected chi connectivity index (χ2v) is 6.01. The molecule has 0 aliphatic heterocycles. The summed E-state index contributed by atoms with van der Waals surface area (Å²) in [6.45, 7) is 12.0. The highest BCUT2D eigenvalue weighted by molar-refractivity contribution is 5.71. The number of hydrogen-bond donors (Lipinski definition) is 1. The number of hydrogen-bond acceptors (Lipinski definition) is 4. The summed E-state index contributed by atoms with van der Waals surface area (Å²) in [6, 6.07) is 0.332. The molecule has 0 aromatic rings. The fourth-order valence-corrected chi connectivity index (χ4v) is 2.24. The first-order chi connectivity index (χ1) is 8.37. The Morgan fingerprint density at radius 3 is 2.61 bits per heavy atom. The van der Waals surface area contributed by atoms with Gasteiger partial charge in [0, 0.05) is 18.1 Å². The zero-order valence-electron chi connectivity index (χ0n) is 12.3. The molecule has 1 fully saturated rings. The molecule has 4 heteroatoms. The Kier molecular flexibility index (Phi) is 5.60. The molecular formula is C14H27NO3. The van der Waals surface area contributed by atoms with Crippen LogP contribution in [0.3, 0.4) is 0 Å². The van der Waals surface area contributed by atoms with E-state index >= 15 is 0 Å². The third-order valence-corrected chi connectivity index (χ3v) is 3.61. The van der Waals surface area contributed by atoms with Crippen LogP contribution in [0.4, 0.5) is 0 Å². The van der Waals surface area contributed by atoms with Crippen molar-refractivity contribution in [2.75, 3.05) is 19.8 Å². The fourth-order valence-electron chi connectivity index (χ4n) is 2.24. The van der Waals surface area contributed by atoms with E-state index in [-0.39, 0.29) is 11.4 Å². The molecule has 1 aliphatic carbocycles. The van der Waals surface area contributed by atoms with Crippen molar-refractivity contribution >= 4 is 5.97 Å². The summed E-state index contributed by atoms with van der Waals surface area (Å²) < 4.78 is 10.8. The summed E-state index contributed by atoms with van der Waals surface area (Å²) in [6.07, 6.45) is 1.26. The summed E-state index contributed by atoms with van der Waals surface area (Å²) in [7, 11) is 0. The smallest absolute Gasteiger partial charge is 0.319 e. The molecule has 0 aromatic carbocycles. The summed E-state index contributed by atoms with van der Waals surface area (Å²) >= 11 is 0. The Labute approximate surface area is 110 Å². The largest absolute Gasteiger partial charge is 0.465 e. The van der Waals surface area contributed by atoms with Crippen molar-refractivity contribution in [3.8, 4) is 0 Å². The van der Waals surface area contributed by atoms with Crippen LogP contribution in [0.15, 0.2) is 0 Å². The Bertz CT molecular complexity index is 276. The minimum atomic E-state index is -0.181. The molecule has 18 heavy (non-hydrogen) atoms. The van der Waals surface area contributed by atoms with E-state index in [0.29, 0.717) is 31.2 Å². The van der Waals surface area contributed by atoms with Gasteiger partial charge in [-0.3, -0.25) is 4.79 Å². The monoisotopic (exact) mass is 257 g/mol. The maximum Gasteiger partial charge on any atom is 0.319 e. The Hall–Kier alpha value is -0.610. The third kappa shape index (κ3) is 3.95. The van der Waals surface area contributed by atoms with Crippen molar-refractivity contribution in [3.63, 3.8) is 0 Å². The summed E-state index contributed by atoms with van der Waals surface area (Å²) in [5.41, 5.74) is 0.0847. The summed E-state index contributed by atoms with van der Waals surface area (Å²) in [4.78, 5) is 11.3. The summed E-state index contributed by atoms with van der Waals surface area (Å²) in [5, 5.41) is 3.26. The molecule has 1 aliphatic rings. The number of nitrogens with one attached hydrogen (secondary N) is 1. The number of carbonyl (C=O) groups excluding carboxylic acids is 1. The van der Waals surface area contributed by atoms with Gasteiger partial charge in [-0.05, 0) is 19.3 Å². The van der Waals surface area contributed by atoms with Gasteiger partial charge in [0.1, 0.15) is 0 Å². The molecule has 0 bridgehead atoms. The highest BCUT2D eigenvalue weighted by Gasteiger charge is 2.48. The minimum Gasteiger partial charge on any atom is -0.465 e. The van der Waals surface area contributed by atoms with E-state index in [2.05, 4.69) is 33.0 Å². The molecule has 2 atom stereocenters. The maximum absolute atomic E-state index is 11.3. The number of esters is 1. The van der Waals surface area contributed by atoms with Crippen LogP contribution < -0.4 is 5.32 Å². The lowest BCUT2D eigenvalue weighted by molar-refractivity contribution is -0.146. The lowest BCUT2D eigenvalue weighted by atomic mass is 9.64. The molecule has 1 rings (SSSR count). The van der Waals surface area contributed by atoms with Gasteiger partial charge in [0.15, 0.2) is 0 Å². The number of ether oxygens (including phenoxy) is 2. The zero-order valence-corrected chi connectivity index (χ0v) is 12.3. The quantitative estimate of drug-likeness (QED) is 0.708. The van der Waals surface area contributed by atoms with Crippen LogP contribution in [0.25, 0.3) is 0 Å². The van der Waals surface area contributed by atoms with E-state index < -0.39 is 0 Å². The Morgan fingerprint density at radius 2 is 2.11 bits per heavy atom. The second kappa shape index (κ2) is 6.53. The van der Waals surface area contributed by atoms with Crippen molar-refractivity contribution in [2.24, 2.45) is 11.3 Å². The molecule has 0 amide bonds. The van der Waals surface area contributed by atoms with Crippen LogP contribution in [-0.4, -0.2) is 37.9 Å². The van der Waals surface area contributed by atoms with E-state index in [1.165, 1.54) is 0 Å². The average Bonchev–Trinajstić information content (AvgIpc) is 2.26. The lowest BCUT2D eigenvalue weighted by Crippen LogP contribution is -2.61. The first-order valence-corrected chi connectivity index (χ1v) is 6.88. The molecule has 2 unspecified atom stereocenters. The van der Waals surface area contributed by atoms with Crippen molar-refractivity contribution in [2.45, 2.75) is 53.2 Å². The van der Waals surface area contributed by atoms with Crippen LogP contribution in [-0.2, 0) is 14.3 Å². The van der Waals surface area contributed by atoms with Gasteiger partial charge >= 0.3 is 5.97 Å². The molecule has 0 spiro atoms. The fraction of sp³-hybridized carbons (Fsp3) is 0.929. The molecule has 0 radical (unpaired) electrons. The molecule has 106 valence electrons. The zero-order chi connectivity index (χ0) is 13.8. The van der Waals surface area contributed by atoms with E-state index in [0.717, 1.165) is 13.0 Å². The minimum absolute atomic E-state index is 0.0847. The predicted octanol–water partition coefficient (Wildman–Crippen LogP) is 1.98. The van der Waals surface area contributed by atoms with Gasteiger partial charge < -0.3 is 14.8 Å². The van der Waals surface area contributed by atoms with Crippen molar-refractivity contribution < 1.29 is 14.3 Å². The molecule has 0 saturated heterocycles. The van der Waals surface area contributed by atoms with E-state index in [9.17, 15) is 4.79 Å². The third-order valence-electron chi connectivity index (χ3n) is 3.61. The topological polar surface area (TPSA) is 47.6 Å². The molecule has 1 N–H and O–H groups in total. The van der Waals surface area contributed by atoms with Crippen LogP contribution in [0.5, 0.6) is 0 Å². The van der Waals surface area contributed by atoms with Gasteiger partial charge in [0.25, 0.3) is 0 Å². The Balaban J connectivity index is 2.28. The normalized spacial score (nSPS) is 25.9. The highest BCUT2D eigenvalue weighted by Crippen LogP contribution is 2.42. The molecule has 0 heterocycles. The van der Waals surface area contributed by atoms with Gasteiger partial charge in [-0.1, -0.05) is 27.7 Å². The average molecular weight is 257 g/mol. The lowest BCUT2D eigenvalue weighted by Gasteiger charge is -2.52. The van der Waals surface area contributed by atoms with E-state index in [1.807, 2.05) is 6.92 Å². The van der Waals surface area contributed by atoms with Gasteiger partial charge in [-0.15, -0.1) is 0 Å². The molecule has 4 nitrogen and oxygen atoms in total. The Morgan fingerprint density at radius 1 is 1.44 bits per heavy atom. The molecule has 0 aromatic heterocycles. The summed E-state index contributed by atoms with van der Waals surface area (Å²) in [5.74, 6) is 0.382. The van der Waals surface area contributed by atoms with Gasteiger partial charge in [-0.2, -0.15) is 0 Å². The molecule has 1 saturated carbocycles. The van der Waals surface area contributed by atoms with Crippen molar-refractivity contribution in [1.82, 2.24) is 5.32 Å². The van der Waals surface area contributed by atoms with Crippen molar-refractivity contribution in [1.29, 1.82) is 0 Å². The second-order valence-electron chi connectivity index (χ2n) is 6.01. The van der Waals surface area contributed by atoms with Gasteiger partial charge in [-0.25, -0.2) is 0 Å². The first-order valence-electron chi connectivity index (χ1n) is 6.88. The van der Waals surface area contributed by atoms with Gasteiger partial charge in [0.05, 0.1) is 19.3 Å². The van der Waals surface area contributed by atoms with Gasteiger partial charge in [0.2, 0.25) is 0 Å². The maximum atomic E-state index is 11.3. The van der Waals surface area contributed by atoms with Crippen LogP contribution in [0, 0.1) is 11.3 Å². The number of rotatable bonds is 7. The standard InChI is InChI=1S/C14H27NO3/c1-6-17-13(16)8-15-11-7-12(14(11,4)5)18-9-10(2)3/h10-12,15H,6-9H2,1-5H3. The van der Waals surface area contributed by atoms with E-state index in [1.54, 1.807) is 0 Å². The van der Waals surface area contributed by atoms with Crippen LogP contribution in [0.2, 0.25) is 0 Å².